The fourth-order valence-electron chi connectivity index (χ4n) is 1.55. The number of hydrogen-bond donors (Lipinski definition) is 1. The minimum atomic E-state index is 0.331. The Labute approximate surface area is 95.2 Å². The van der Waals surface area contributed by atoms with Crippen LogP contribution in [0.25, 0.3) is 0 Å². The van der Waals surface area contributed by atoms with Gasteiger partial charge in [-0.05, 0) is 19.4 Å². The topological polar surface area (TPSA) is 24.4 Å². The third-order valence-electron chi connectivity index (χ3n) is 2.25. The van der Waals surface area contributed by atoms with Crippen LogP contribution in [0.5, 0.6) is 0 Å². The monoisotopic (exact) mass is 220 g/mol. The van der Waals surface area contributed by atoms with Gasteiger partial charge in [0.2, 0.25) is 0 Å². The van der Waals surface area contributed by atoms with E-state index < -0.39 is 0 Å². The summed E-state index contributed by atoms with van der Waals surface area (Å²) in [6, 6.07) is 11.3. The SMILES string of the molecule is CC(C)NC1=NC(c2ccccc2)CS1. The highest BCUT2D eigenvalue weighted by atomic mass is 32.2. The molecule has 1 N–H and O–H groups in total. The molecule has 0 aromatic heterocycles. The van der Waals surface area contributed by atoms with E-state index in [9.17, 15) is 0 Å². The lowest BCUT2D eigenvalue weighted by Gasteiger charge is -2.07. The van der Waals surface area contributed by atoms with Crippen LogP contribution < -0.4 is 5.32 Å². The lowest BCUT2D eigenvalue weighted by molar-refractivity contribution is 0.732. The van der Waals surface area contributed by atoms with E-state index >= 15 is 0 Å². The largest absolute Gasteiger partial charge is 0.363 e. The van der Waals surface area contributed by atoms with Crippen LogP contribution in [0.1, 0.15) is 25.5 Å². The molecule has 0 bridgehead atoms. The molecule has 2 nitrogen and oxygen atoms in total. The third-order valence-corrected chi connectivity index (χ3v) is 3.23. The minimum absolute atomic E-state index is 0.331. The molecule has 0 radical (unpaired) electrons. The van der Waals surface area contributed by atoms with Crippen LogP contribution >= 0.6 is 11.8 Å². The maximum Gasteiger partial charge on any atom is 0.157 e. The summed E-state index contributed by atoms with van der Waals surface area (Å²) in [6.07, 6.45) is 0. The first-order valence-electron chi connectivity index (χ1n) is 5.28. The van der Waals surface area contributed by atoms with Gasteiger partial charge in [0, 0.05) is 11.8 Å². The highest BCUT2D eigenvalue weighted by molar-refractivity contribution is 8.14. The summed E-state index contributed by atoms with van der Waals surface area (Å²) in [7, 11) is 0. The van der Waals surface area contributed by atoms with Gasteiger partial charge in [-0.3, -0.25) is 4.99 Å². The summed E-state index contributed by atoms with van der Waals surface area (Å²) in [5, 5.41) is 4.44. The first-order valence-corrected chi connectivity index (χ1v) is 6.26. The summed E-state index contributed by atoms with van der Waals surface area (Å²) in [5.74, 6) is 1.05. The number of benzene rings is 1. The average molecular weight is 220 g/mol. The summed E-state index contributed by atoms with van der Waals surface area (Å²) in [5.41, 5.74) is 1.31. The van der Waals surface area contributed by atoms with Gasteiger partial charge in [-0.25, -0.2) is 0 Å². The Bertz CT molecular complexity index is 346. The maximum atomic E-state index is 4.67. The number of hydrogen-bond acceptors (Lipinski definition) is 3. The molecule has 0 saturated heterocycles. The van der Waals surface area contributed by atoms with E-state index in [0.717, 1.165) is 10.9 Å². The molecule has 0 saturated carbocycles. The van der Waals surface area contributed by atoms with Crippen molar-refractivity contribution in [3.05, 3.63) is 35.9 Å². The smallest absolute Gasteiger partial charge is 0.157 e. The Morgan fingerprint density at radius 3 is 2.73 bits per heavy atom. The quantitative estimate of drug-likeness (QED) is 0.829. The molecular formula is C12H16N2S. The summed E-state index contributed by atoms with van der Waals surface area (Å²) in [6.45, 7) is 4.28. The predicted molar refractivity (Wildman–Crippen MR) is 67.3 cm³/mol. The molecule has 1 aliphatic heterocycles. The van der Waals surface area contributed by atoms with Gasteiger partial charge in [0.25, 0.3) is 0 Å². The Balaban J connectivity index is 2.06. The third kappa shape index (κ3) is 2.75. The zero-order chi connectivity index (χ0) is 10.7. The molecule has 1 unspecified atom stereocenters. The van der Waals surface area contributed by atoms with Crippen molar-refractivity contribution >= 4 is 16.9 Å². The molecule has 0 fully saturated rings. The van der Waals surface area contributed by atoms with Crippen LogP contribution in [-0.4, -0.2) is 17.0 Å². The van der Waals surface area contributed by atoms with Crippen LogP contribution in [-0.2, 0) is 0 Å². The van der Waals surface area contributed by atoms with Gasteiger partial charge < -0.3 is 5.32 Å². The minimum Gasteiger partial charge on any atom is -0.363 e. The molecule has 15 heavy (non-hydrogen) atoms. The Morgan fingerprint density at radius 2 is 2.07 bits per heavy atom. The summed E-state index contributed by atoms with van der Waals surface area (Å²) < 4.78 is 0. The van der Waals surface area contributed by atoms with E-state index in [4.69, 9.17) is 0 Å². The Hall–Kier alpha value is -0.960. The number of thioether (sulfide) groups is 1. The zero-order valence-electron chi connectivity index (χ0n) is 9.10. The lowest BCUT2D eigenvalue weighted by Crippen LogP contribution is -2.26. The van der Waals surface area contributed by atoms with Gasteiger partial charge in [0.15, 0.2) is 5.17 Å². The first-order chi connectivity index (χ1) is 7.25. The van der Waals surface area contributed by atoms with Crippen LogP contribution in [0.3, 0.4) is 0 Å². The fraction of sp³-hybridized carbons (Fsp3) is 0.417. The summed E-state index contributed by atoms with van der Waals surface area (Å²) in [4.78, 5) is 4.67. The predicted octanol–water partition coefficient (Wildman–Crippen LogP) is 2.83. The molecule has 80 valence electrons. The van der Waals surface area contributed by atoms with Gasteiger partial charge in [-0.1, -0.05) is 42.1 Å². The van der Waals surface area contributed by atoms with Gasteiger partial charge in [-0.15, -0.1) is 0 Å². The highest BCUT2D eigenvalue weighted by Crippen LogP contribution is 2.29. The number of amidine groups is 1. The second kappa shape index (κ2) is 4.71. The van der Waals surface area contributed by atoms with E-state index in [-0.39, 0.29) is 0 Å². The molecule has 3 heteroatoms. The van der Waals surface area contributed by atoms with Crippen molar-refractivity contribution in [1.82, 2.24) is 5.32 Å². The van der Waals surface area contributed by atoms with Crippen molar-refractivity contribution in [2.45, 2.75) is 25.9 Å². The average Bonchev–Trinajstić information content (AvgIpc) is 2.67. The molecule has 0 spiro atoms. The molecule has 1 heterocycles. The lowest BCUT2D eigenvalue weighted by atomic mass is 10.1. The molecule has 1 aliphatic rings. The maximum absolute atomic E-state index is 4.67. The number of nitrogens with zero attached hydrogens (tertiary/aromatic N) is 1. The number of rotatable bonds is 2. The Kier molecular flexibility index (Phi) is 3.31. The normalized spacial score (nSPS) is 20.5. The van der Waals surface area contributed by atoms with Crippen LogP contribution in [0.2, 0.25) is 0 Å². The van der Waals surface area contributed by atoms with Crippen molar-refractivity contribution in [1.29, 1.82) is 0 Å². The molecular weight excluding hydrogens is 204 g/mol. The second-order valence-electron chi connectivity index (χ2n) is 3.97. The number of aliphatic imine (C=N–C) groups is 1. The van der Waals surface area contributed by atoms with Crippen LogP contribution in [0, 0.1) is 0 Å². The summed E-state index contributed by atoms with van der Waals surface area (Å²) >= 11 is 1.81. The molecule has 0 amide bonds. The van der Waals surface area contributed by atoms with Crippen molar-refractivity contribution in [2.24, 2.45) is 4.99 Å². The van der Waals surface area contributed by atoms with Crippen molar-refractivity contribution in [2.75, 3.05) is 5.75 Å². The zero-order valence-corrected chi connectivity index (χ0v) is 9.92. The van der Waals surface area contributed by atoms with Gasteiger partial charge in [-0.2, -0.15) is 0 Å². The van der Waals surface area contributed by atoms with Gasteiger partial charge in [0.1, 0.15) is 0 Å². The van der Waals surface area contributed by atoms with E-state index in [1.54, 1.807) is 0 Å². The second-order valence-corrected chi connectivity index (χ2v) is 4.98. The molecule has 2 rings (SSSR count). The van der Waals surface area contributed by atoms with E-state index in [1.165, 1.54) is 5.56 Å². The molecule has 0 aliphatic carbocycles. The van der Waals surface area contributed by atoms with Crippen LogP contribution in [0.4, 0.5) is 0 Å². The van der Waals surface area contributed by atoms with E-state index in [0.29, 0.717) is 12.1 Å². The molecule has 1 aromatic rings. The van der Waals surface area contributed by atoms with Crippen molar-refractivity contribution < 1.29 is 0 Å². The molecule has 1 atom stereocenters. The van der Waals surface area contributed by atoms with E-state index in [2.05, 4.69) is 48.4 Å². The van der Waals surface area contributed by atoms with Crippen LogP contribution in [0.15, 0.2) is 35.3 Å². The number of nitrogens with one attached hydrogen (secondary N) is 1. The fourth-order valence-corrected chi connectivity index (χ4v) is 2.65. The van der Waals surface area contributed by atoms with Crippen molar-refractivity contribution in [3.8, 4) is 0 Å². The van der Waals surface area contributed by atoms with Gasteiger partial charge >= 0.3 is 0 Å². The highest BCUT2D eigenvalue weighted by Gasteiger charge is 2.19. The molecule has 1 aromatic carbocycles. The first kappa shape index (κ1) is 10.6. The standard InChI is InChI=1S/C12H16N2S/c1-9(2)13-12-14-11(8-15-12)10-6-4-3-5-7-10/h3-7,9,11H,8H2,1-2H3,(H,13,14). The van der Waals surface area contributed by atoms with E-state index in [1.807, 2.05) is 17.8 Å². The van der Waals surface area contributed by atoms with Gasteiger partial charge in [0.05, 0.1) is 6.04 Å². The van der Waals surface area contributed by atoms with Crippen molar-refractivity contribution in [3.63, 3.8) is 0 Å². The Morgan fingerprint density at radius 1 is 1.33 bits per heavy atom.